The predicted octanol–water partition coefficient (Wildman–Crippen LogP) is 2.67. The molecule has 0 spiro atoms. The Morgan fingerprint density at radius 3 is 3.00 bits per heavy atom. The number of halogens is 1. The maximum Gasteiger partial charge on any atom is 0.252 e. The summed E-state index contributed by atoms with van der Waals surface area (Å²) in [5.74, 6) is 0.426. The first kappa shape index (κ1) is 14.3. The third kappa shape index (κ3) is 2.73. The van der Waals surface area contributed by atoms with Crippen molar-refractivity contribution in [2.45, 2.75) is 25.3 Å². The van der Waals surface area contributed by atoms with Crippen molar-refractivity contribution in [2.24, 2.45) is 5.73 Å². The van der Waals surface area contributed by atoms with Crippen molar-refractivity contribution >= 4 is 34.7 Å². The Labute approximate surface area is 131 Å². The van der Waals surface area contributed by atoms with E-state index in [-0.39, 0.29) is 11.2 Å². The molecule has 2 aromatic rings. The highest BCUT2D eigenvalue weighted by Crippen LogP contribution is 2.36. The van der Waals surface area contributed by atoms with Crippen molar-refractivity contribution in [2.75, 3.05) is 11.4 Å². The van der Waals surface area contributed by atoms with Crippen molar-refractivity contribution in [1.82, 2.24) is 10.2 Å². The molecule has 1 amide bonds. The summed E-state index contributed by atoms with van der Waals surface area (Å²) in [6.07, 6.45) is 1.01. The van der Waals surface area contributed by atoms with Gasteiger partial charge in [-0.2, -0.15) is 11.3 Å². The molecule has 2 aromatic heterocycles. The summed E-state index contributed by atoms with van der Waals surface area (Å²) in [5.41, 5.74) is 7.09. The van der Waals surface area contributed by atoms with E-state index in [0.717, 1.165) is 13.0 Å². The summed E-state index contributed by atoms with van der Waals surface area (Å²) in [5, 5.41) is 12.4. The van der Waals surface area contributed by atoms with Crippen LogP contribution < -0.4 is 10.6 Å². The van der Waals surface area contributed by atoms with Crippen LogP contribution in [0.5, 0.6) is 0 Å². The largest absolute Gasteiger partial charge is 0.365 e. The lowest BCUT2D eigenvalue weighted by molar-refractivity contribution is 0.1000. The van der Waals surface area contributed by atoms with Crippen LogP contribution in [0.2, 0.25) is 5.15 Å². The van der Waals surface area contributed by atoms with Crippen LogP contribution in [0.1, 0.15) is 35.2 Å². The molecule has 1 aliphatic rings. The van der Waals surface area contributed by atoms with E-state index in [4.69, 9.17) is 17.3 Å². The Balaban J connectivity index is 1.92. The van der Waals surface area contributed by atoms with E-state index in [9.17, 15) is 4.79 Å². The topological polar surface area (TPSA) is 72.1 Å². The van der Waals surface area contributed by atoms with E-state index in [1.165, 1.54) is 11.6 Å². The minimum Gasteiger partial charge on any atom is -0.365 e. The molecule has 1 saturated heterocycles. The number of amides is 1. The van der Waals surface area contributed by atoms with Crippen molar-refractivity contribution in [1.29, 1.82) is 0 Å². The van der Waals surface area contributed by atoms with Gasteiger partial charge in [0.05, 0.1) is 5.56 Å². The molecular formula is C14H15ClN4OS. The fourth-order valence-corrected chi connectivity index (χ4v) is 3.72. The molecule has 2 atom stereocenters. The van der Waals surface area contributed by atoms with Crippen LogP contribution in [0.4, 0.5) is 5.82 Å². The molecule has 0 aromatic carbocycles. The van der Waals surface area contributed by atoms with Crippen molar-refractivity contribution in [3.63, 3.8) is 0 Å². The van der Waals surface area contributed by atoms with E-state index in [1.807, 2.05) is 0 Å². The molecule has 0 saturated carbocycles. The molecule has 5 nitrogen and oxygen atoms in total. The summed E-state index contributed by atoms with van der Waals surface area (Å²) in [6, 6.07) is 3.90. The maximum absolute atomic E-state index is 11.6. The van der Waals surface area contributed by atoms with Gasteiger partial charge in [-0.3, -0.25) is 4.79 Å². The highest BCUT2D eigenvalue weighted by molar-refractivity contribution is 7.08. The highest BCUT2D eigenvalue weighted by atomic mass is 35.5. The predicted molar refractivity (Wildman–Crippen MR) is 84.0 cm³/mol. The molecule has 3 heterocycles. The quantitative estimate of drug-likeness (QED) is 0.943. The smallest absolute Gasteiger partial charge is 0.252 e. The van der Waals surface area contributed by atoms with Gasteiger partial charge >= 0.3 is 0 Å². The lowest BCUT2D eigenvalue weighted by Gasteiger charge is -2.23. The first-order valence-corrected chi connectivity index (χ1v) is 8.00. The van der Waals surface area contributed by atoms with Crippen LogP contribution in [0.25, 0.3) is 0 Å². The van der Waals surface area contributed by atoms with Gasteiger partial charge in [-0.15, -0.1) is 10.2 Å². The van der Waals surface area contributed by atoms with Gasteiger partial charge in [-0.1, -0.05) is 11.6 Å². The fraction of sp³-hybridized carbons (Fsp3) is 0.357. The van der Waals surface area contributed by atoms with Crippen molar-refractivity contribution in [3.05, 3.63) is 39.2 Å². The number of anilines is 1. The van der Waals surface area contributed by atoms with E-state index in [0.29, 0.717) is 17.3 Å². The third-order valence-electron chi connectivity index (χ3n) is 3.87. The van der Waals surface area contributed by atoms with Crippen molar-refractivity contribution < 1.29 is 4.79 Å². The van der Waals surface area contributed by atoms with Crippen LogP contribution in [0, 0.1) is 0 Å². The lowest BCUT2D eigenvalue weighted by atomic mass is 10.00. The highest BCUT2D eigenvalue weighted by Gasteiger charge is 2.33. The van der Waals surface area contributed by atoms with Gasteiger partial charge in [0.1, 0.15) is 0 Å². The van der Waals surface area contributed by atoms with Gasteiger partial charge in [-0.25, -0.2) is 0 Å². The van der Waals surface area contributed by atoms with Crippen LogP contribution in [0.3, 0.4) is 0 Å². The van der Waals surface area contributed by atoms with E-state index in [2.05, 4.69) is 38.8 Å². The third-order valence-corrected chi connectivity index (χ3v) is 4.76. The van der Waals surface area contributed by atoms with Gasteiger partial charge < -0.3 is 10.6 Å². The van der Waals surface area contributed by atoms with E-state index in [1.54, 1.807) is 11.3 Å². The SMILES string of the molecule is C[C@@H]1C[C@H](c2ccsc2)CN1c1nnc(Cl)cc1C(N)=O. The van der Waals surface area contributed by atoms with Gasteiger partial charge in [-0.05, 0) is 41.8 Å². The lowest BCUT2D eigenvalue weighted by Crippen LogP contribution is -2.30. The van der Waals surface area contributed by atoms with Crippen LogP contribution >= 0.6 is 22.9 Å². The average molecular weight is 323 g/mol. The molecule has 0 radical (unpaired) electrons. The Bertz CT molecular complexity index is 661. The number of hydrogen-bond donors (Lipinski definition) is 1. The van der Waals surface area contributed by atoms with Gasteiger partial charge in [0.25, 0.3) is 5.91 Å². The molecule has 1 aliphatic heterocycles. The fourth-order valence-electron chi connectivity index (χ4n) is 2.83. The molecule has 1 fully saturated rings. The van der Waals surface area contributed by atoms with Gasteiger partial charge in [0.15, 0.2) is 11.0 Å². The molecule has 0 unspecified atom stereocenters. The molecule has 0 bridgehead atoms. The minimum absolute atomic E-state index is 0.175. The monoisotopic (exact) mass is 322 g/mol. The number of thiophene rings is 1. The second kappa shape index (κ2) is 5.61. The first-order chi connectivity index (χ1) is 10.1. The second-order valence-corrected chi connectivity index (χ2v) is 6.43. The minimum atomic E-state index is -0.534. The zero-order valence-electron chi connectivity index (χ0n) is 11.5. The normalized spacial score (nSPS) is 21.7. The first-order valence-electron chi connectivity index (χ1n) is 6.68. The number of carbonyl (C=O) groups is 1. The summed E-state index contributed by atoms with van der Waals surface area (Å²) >= 11 is 7.51. The number of rotatable bonds is 3. The van der Waals surface area contributed by atoms with Crippen LogP contribution in [-0.4, -0.2) is 28.7 Å². The van der Waals surface area contributed by atoms with Crippen LogP contribution in [-0.2, 0) is 0 Å². The van der Waals surface area contributed by atoms with Crippen molar-refractivity contribution in [3.8, 4) is 0 Å². The average Bonchev–Trinajstić information content (AvgIpc) is 3.08. The summed E-state index contributed by atoms with van der Waals surface area (Å²) in [7, 11) is 0. The molecule has 2 N–H and O–H groups in total. The number of aromatic nitrogens is 2. The Morgan fingerprint density at radius 2 is 2.33 bits per heavy atom. The zero-order chi connectivity index (χ0) is 15.0. The Hall–Kier alpha value is -1.66. The Kier molecular flexibility index (Phi) is 3.82. The van der Waals surface area contributed by atoms with Gasteiger partial charge in [0.2, 0.25) is 0 Å². The van der Waals surface area contributed by atoms with E-state index >= 15 is 0 Å². The summed E-state index contributed by atoms with van der Waals surface area (Å²) in [6.45, 7) is 2.92. The molecule has 110 valence electrons. The molecular weight excluding hydrogens is 308 g/mol. The number of hydrogen-bond acceptors (Lipinski definition) is 5. The standard InChI is InChI=1S/C14H15ClN4OS/c1-8-4-10(9-2-3-21-7-9)6-19(8)14-11(13(16)20)5-12(15)17-18-14/h2-3,5,7-8,10H,4,6H2,1H3,(H2,16,20)/t8-,10+/m1/s1. The number of nitrogens with zero attached hydrogens (tertiary/aromatic N) is 3. The number of carbonyl (C=O) groups excluding carboxylic acids is 1. The zero-order valence-corrected chi connectivity index (χ0v) is 13.1. The van der Waals surface area contributed by atoms with Gasteiger partial charge in [0, 0.05) is 18.5 Å². The van der Waals surface area contributed by atoms with Crippen LogP contribution in [0.15, 0.2) is 22.9 Å². The summed E-state index contributed by atoms with van der Waals surface area (Å²) in [4.78, 5) is 13.7. The number of nitrogens with two attached hydrogens (primary N) is 1. The molecule has 21 heavy (non-hydrogen) atoms. The number of primary amides is 1. The molecule has 0 aliphatic carbocycles. The second-order valence-electron chi connectivity index (χ2n) is 5.26. The molecule has 7 heteroatoms. The maximum atomic E-state index is 11.6. The van der Waals surface area contributed by atoms with E-state index < -0.39 is 5.91 Å². The Morgan fingerprint density at radius 1 is 1.52 bits per heavy atom. The summed E-state index contributed by atoms with van der Waals surface area (Å²) < 4.78 is 0. The molecule has 3 rings (SSSR count).